The van der Waals surface area contributed by atoms with Crippen LogP contribution in [0.4, 0.5) is 4.39 Å². The van der Waals surface area contributed by atoms with Gasteiger partial charge in [-0.1, -0.05) is 0 Å². The normalized spacial score (nSPS) is 11.4. The molecule has 27 heavy (non-hydrogen) atoms. The van der Waals surface area contributed by atoms with E-state index in [2.05, 4.69) is 15.3 Å². The first-order chi connectivity index (χ1) is 12.9. The number of aromatic nitrogens is 3. The molecular weight excluding hydrogens is 367 g/mol. The number of aromatic amines is 1. The van der Waals surface area contributed by atoms with Crippen molar-refractivity contribution in [2.75, 3.05) is 6.54 Å². The number of hydrogen-bond acceptors (Lipinski definition) is 4. The van der Waals surface area contributed by atoms with E-state index in [-0.39, 0.29) is 17.3 Å². The molecule has 0 radical (unpaired) electrons. The highest BCUT2D eigenvalue weighted by Crippen LogP contribution is 2.26. The Morgan fingerprint density at radius 1 is 1.33 bits per heavy atom. The molecule has 0 unspecified atom stereocenters. The number of aryl methyl sites for hydroxylation is 2. The minimum Gasteiger partial charge on any atom is -0.350 e. The number of amides is 1. The summed E-state index contributed by atoms with van der Waals surface area (Å²) in [5.41, 5.74) is 1.19. The van der Waals surface area contributed by atoms with Crippen LogP contribution in [-0.2, 0) is 6.54 Å². The molecule has 0 bridgehead atoms. The second-order valence-electron chi connectivity index (χ2n) is 6.36. The van der Waals surface area contributed by atoms with Crippen LogP contribution < -0.4 is 10.9 Å². The van der Waals surface area contributed by atoms with E-state index in [4.69, 9.17) is 0 Å². The summed E-state index contributed by atoms with van der Waals surface area (Å²) in [6.07, 6.45) is 1.87. The molecule has 0 fully saturated rings. The number of fused-ring (bicyclic) bond motifs is 2. The fourth-order valence-corrected chi connectivity index (χ4v) is 4.33. The van der Waals surface area contributed by atoms with Crippen LogP contribution in [0.5, 0.6) is 0 Å². The van der Waals surface area contributed by atoms with Gasteiger partial charge in [0.25, 0.3) is 11.5 Å². The van der Waals surface area contributed by atoms with Crippen molar-refractivity contribution in [1.29, 1.82) is 0 Å². The molecule has 0 aliphatic carbocycles. The van der Waals surface area contributed by atoms with Crippen LogP contribution in [0.1, 0.15) is 21.1 Å². The largest absolute Gasteiger partial charge is 0.350 e. The maximum atomic E-state index is 13.5. The lowest BCUT2D eigenvalue weighted by molar-refractivity contribution is 0.0956. The van der Waals surface area contributed by atoms with E-state index in [9.17, 15) is 14.0 Å². The van der Waals surface area contributed by atoms with Gasteiger partial charge in [-0.3, -0.25) is 9.59 Å². The number of H-pyrrole nitrogens is 1. The Labute approximate surface area is 157 Å². The van der Waals surface area contributed by atoms with Gasteiger partial charge in [0.1, 0.15) is 16.5 Å². The molecule has 3 heterocycles. The highest BCUT2D eigenvalue weighted by atomic mass is 32.1. The second kappa shape index (κ2) is 6.62. The van der Waals surface area contributed by atoms with Crippen molar-refractivity contribution < 1.29 is 9.18 Å². The molecular formula is C19H17FN4O2S. The Morgan fingerprint density at radius 2 is 2.15 bits per heavy atom. The van der Waals surface area contributed by atoms with Crippen molar-refractivity contribution in [3.05, 3.63) is 62.9 Å². The molecule has 2 N–H and O–H groups in total. The molecule has 4 rings (SSSR count). The predicted octanol–water partition coefficient (Wildman–Crippen LogP) is 3.13. The van der Waals surface area contributed by atoms with Gasteiger partial charge in [0.2, 0.25) is 0 Å². The number of nitrogens with zero attached hydrogens (tertiary/aromatic N) is 2. The third-order valence-electron chi connectivity index (χ3n) is 4.50. The molecule has 0 aliphatic heterocycles. The minimum atomic E-state index is -0.291. The third kappa shape index (κ3) is 3.12. The molecule has 0 aliphatic rings. The molecule has 6 nitrogen and oxygen atoms in total. The standard InChI is InChI=1S/C19H17FN4O2S/c1-10-15-17(25)22-11(2)23-19(15)27-16(10)18(26)21-6-8-24-7-5-12-3-4-13(20)9-14(12)24/h3-5,7,9H,6,8H2,1-2H3,(H,21,26)(H,22,23,25). The van der Waals surface area contributed by atoms with Gasteiger partial charge in [-0.05, 0) is 49.1 Å². The van der Waals surface area contributed by atoms with Crippen LogP contribution in [0.2, 0.25) is 0 Å². The summed E-state index contributed by atoms with van der Waals surface area (Å²) in [7, 11) is 0. The van der Waals surface area contributed by atoms with Crippen molar-refractivity contribution >= 4 is 38.4 Å². The van der Waals surface area contributed by atoms with Crippen LogP contribution in [0.15, 0.2) is 35.3 Å². The summed E-state index contributed by atoms with van der Waals surface area (Å²) in [6, 6.07) is 6.55. The first-order valence-corrected chi connectivity index (χ1v) is 9.28. The number of nitrogens with one attached hydrogen (secondary N) is 2. The maximum Gasteiger partial charge on any atom is 0.261 e. The lowest BCUT2D eigenvalue weighted by Gasteiger charge is -2.07. The summed E-state index contributed by atoms with van der Waals surface area (Å²) < 4.78 is 15.4. The summed E-state index contributed by atoms with van der Waals surface area (Å²) in [4.78, 5) is 32.7. The molecule has 8 heteroatoms. The molecule has 0 saturated heterocycles. The lowest BCUT2D eigenvalue weighted by Crippen LogP contribution is -2.27. The van der Waals surface area contributed by atoms with Crippen LogP contribution in [0.25, 0.3) is 21.1 Å². The van der Waals surface area contributed by atoms with Gasteiger partial charge in [-0.25, -0.2) is 9.37 Å². The minimum absolute atomic E-state index is 0.230. The second-order valence-corrected chi connectivity index (χ2v) is 7.35. The van der Waals surface area contributed by atoms with Gasteiger partial charge in [0.15, 0.2) is 0 Å². The number of hydrogen-bond donors (Lipinski definition) is 2. The summed E-state index contributed by atoms with van der Waals surface area (Å²) >= 11 is 1.21. The van der Waals surface area contributed by atoms with Crippen molar-refractivity contribution in [1.82, 2.24) is 19.9 Å². The predicted molar refractivity (Wildman–Crippen MR) is 104 cm³/mol. The van der Waals surface area contributed by atoms with Crippen molar-refractivity contribution in [3.8, 4) is 0 Å². The van der Waals surface area contributed by atoms with Crippen molar-refractivity contribution in [3.63, 3.8) is 0 Å². The van der Waals surface area contributed by atoms with Crippen LogP contribution in [-0.4, -0.2) is 27.0 Å². The molecule has 3 aromatic heterocycles. The first kappa shape index (κ1) is 17.4. The van der Waals surface area contributed by atoms with Gasteiger partial charge >= 0.3 is 0 Å². The maximum absolute atomic E-state index is 13.5. The van der Waals surface area contributed by atoms with E-state index < -0.39 is 0 Å². The van der Waals surface area contributed by atoms with Gasteiger partial charge in [-0.15, -0.1) is 11.3 Å². The zero-order valence-corrected chi connectivity index (χ0v) is 15.6. The molecule has 1 amide bonds. The Kier molecular flexibility index (Phi) is 4.27. The smallest absolute Gasteiger partial charge is 0.261 e. The summed E-state index contributed by atoms with van der Waals surface area (Å²) in [6.45, 7) is 4.36. The average Bonchev–Trinajstić information content (AvgIpc) is 3.16. The summed E-state index contributed by atoms with van der Waals surface area (Å²) in [5, 5.41) is 4.28. The molecule has 0 atom stereocenters. The van der Waals surface area contributed by atoms with Crippen molar-refractivity contribution in [2.24, 2.45) is 0 Å². The number of carbonyl (C=O) groups excluding carboxylic acids is 1. The van der Waals surface area contributed by atoms with Crippen LogP contribution >= 0.6 is 11.3 Å². The third-order valence-corrected chi connectivity index (χ3v) is 5.68. The molecule has 1 aromatic carbocycles. The van der Waals surface area contributed by atoms with E-state index in [0.29, 0.717) is 39.6 Å². The Balaban J connectivity index is 1.52. The van der Waals surface area contributed by atoms with E-state index in [1.54, 1.807) is 19.9 Å². The van der Waals surface area contributed by atoms with Crippen LogP contribution in [0.3, 0.4) is 0 Å². The van der Waals surface area contributed by atoms with Gasteiger partial charge in [-0.2, -0.15) is 0 Å². The Hall–Kier alpha value is -3.00. The number of carbonyl (C=O) groups is 1. The zero-order chi connectivity index (χ0) is 19.1. The van der Waals surface area contributed by atoms with E-state index in [1.807, 2.05) is 16.8 Å². The molecule has 138 valence electrons. The van der Waals surface area contributed by atoms with Gasteiger partial charge in [0, 0.05) is 19.3 Å². The summed E-state index contributed by atoms with van der Waals surface area (Å²) in [5.74, 6) is -0.0111. The number of halogens is 1. The quantitative estimate of drug-likeness (QED) is 0.567. The lowest BCUT2D eigenvalue weighted by atomic mass is 10.2. The molecule has 0 spiro atoms. The zero-order valence-electron chi connectivity index (χ0n) is 14.8. The highest BCUT2D eigenvalue weighted by Gasteiger charge is 2.18. The number of rotatable bonds is 4. The Bertz CT molecular complexity index is 1240. The monoisotopic (exact) mass is 384 g/mol. The van der Waals surface area contributed by atoms with Gasteiger partial charge < -0.3 is 14.9 Å². The molecule has 4 aromatic rings. The van der Waals surface area contributed by atoms with Gasteiger partial charge in [0.05, 0.1) is 15.8 Å². The van der Waals surface area contributed by atoms with E-state index in [1.165, 1.54) is 23.5 Å². The van der Waals surface area contributed by atoms with Crippen molar-refractivity contribution in [2.45, 2.75) is 20.4 Å². The number of thiophene rings is 1. The first-order valence-electron chi connectivity index (χ1n) is 8.46. The average molecular weight is 384 g/mol. The molecule has 0 saturated carbocycles. The van der Waals surface area contributed by atoms with Crippen LogP contribution in [0, 0.1) is 19.7 Å². The highest BCUT2D eigenvalue weighted by molar-refractivity contribution is 7.20. The topological polar surface area (TPSA) is 79.8 Å². The Morgan fingerprint density at radius 3 is 2.96 bits per heavy atom. The SMILES string of the molecule is Cc1nc2sc(C(=O)NCCn3ccc4ccc(F)cc43)c(C)c2c(=O)[nH]1. The number of benzene rings is 1. The van der Waals surface area contributed by atoms with E-state index in [0.717, 1.165) is 10.9 Å². The fraction of sp³-hybridized carbons (Fsp3) is 0.211. The van der Waals surface area contributed by atoms with E-state index >= 15 is 0 Å². The fourth-order valence-electron chi connectivity index (χ4n) is 3.19.